The molecule has 1 saturated heterocycles. The summed E-state index contributed by atoms with van der Waals surface area (Å²) in [5, 5.41) is 5.38. The van der Waals surface area contributed by atoms with Crippen molar-refractivity contribution in [1.82, 2.24) is 15.3 Å². The number of aromatic nitrogens is 2. The molecule has 2 fully saturated rings. The van der Waals surface area contributed by atoms with Gasteiger partial charge in [-0.2, -0.15) is 13.2 Å². The van der Waals surface area contributed by atoms with Crippen molar-refractivity contribution in [2.75, 3.05) is 19.8 Å². The Balaban J connectivity index is 1.26. The van der Waals surface area contributed by atoms with Crippen molar-refractivity contribution in [1.29, 1.82) is 0 Å². The van der Waals surface area contributed by atoms with Crippen LogP contribution in [0.1, 0.15) is 23.1 Å². The number of benzene rings is 1. The predicted molar refractivity (Wildman–Crippen MR) is 129 cm³/mol. The zero-order chi connectivity index (χ0) is 23.9. The van der Waals surface area contributed by atoms with Crippen LogP contribution >= 0.6 is 23.1 Å². The zero-order valence-corrected chi connectivity index (χ0v) is 20.0. The number of nitrogens with one attached hydrogen (secondary N) is 1. The molecule has 3 N–H and O–H groups in total. The van der Waals surface area contributed by atoms with E-state index in [4.69, 9.17) is 15.5 Å². The van der Waals surface area contributed by atoms with E-state index in [0.717, 1.165) is 38.1 Å². The first kappa shape index (κ1) is 23.5. The molecule has 3 unspecified atom stereocenters. The molecule has 2 aromatic heterocycles. The van der Waals surface area contributed by atoms with Gasteiger partial charge < -0.3 is 15.8 Å². The van der Waals surface area contributed by atoms with Crippen LogP contribution < -0.4 is 11.1 Å². The molecule has 0 spiro atoms. The zero-order valence-electron chi connectivity index (χ0n) is 18.4. The molecular formula is C23H24F3N5OS2. The summed E-state index contributed by atoms with van der Waals surface area (Å²) in [6.45, 7) is 3.67. The van der Waals surface area contributed by atoms with Gasteiger partial charge in [-0.25, -0.2) is 4.98 Å². The van der Waals surface area contributed by atoms with Crippen LogP contribution in [0.3, 0.4) is 0 Å². The molecule has 4 atom stereocenters. The van der Waals surface area contributed by atoms with Gasteiger partial charge in [-0.1, -0.05) is 23.9 Å². The number of thioether (sulfide) groups is 1. The normalized spacial score (nSPS) is 26.0. The van der Waals surface area contributed by atoms with Crippen molar-refractivity contribution in [2.24, 2.45) is 16.6 Å². The van der Waals surface area contributed by atoms with Gasteiger partial charge in [0.15, 0.2) is 5.17 Å². The minimum atomic E-state index is -4.34. The van der Waals surface area contributed by atoms with E-state index < -0.39 is 11.7 Å². The summed E-state index contributed by atoms with van der Waals surface area (Å²) in [6.07, 6.45) is -0.304. The summed E-state index contributed by atoms with van der Waals surface area (Å²) >= 11 is 3.33. The van der Waals surface area contributed by atoms with Gasteiger partial charge >= 0.3 is 6.18 Å². The monoisotopic (exact) mass is 507 g/mol. The summed E-state index contributed by atoms with van der Waals surface area (Å²) < 4.78 is 44.8. The first-order valence-electron chi connectivity index (χ1n) is 11.0. The summed E-state index contributed by atoms with van der Waals surface area (Å²) in [6, 6.07) is 6.93. The molecule has 34 heavy (non-hydrogen) atoms. The van der Waals surface area contributed by atoms with Crippen LogP contribution in [0.5, 0.6) is 0 Å². The molecule has 0 amide bonds. The van der Waals surface area contributed by atoms with Gasteiger partial charge in [0.25, 0.3) is 0 Å². The Morgan fingerprint density at radius 3 is 2.76 bits per heavy atom. The number of nitrogens with two attached hydrogens (primary N) is 1. The number of nitrogens with zero attached hydrogens (tertiary/aromatic N) is 3. The minimum absolute atomic E-state index is 0.183. The van der Waals surface area contributed by atoms with E-state index >= 15 is 0 Å². The number of halogens is 3. The fraction of sp³-hybridized carbons (Fsp3) is 0.435. The van der Waals surface area contributed by atoms with Gasteiger partial charge in [-0.05, 0) is 37.1 Å². The van der Waals surface area contributed by atoms with Gasteiger partial charge in [-0.3, -0.25) is 9.98 Å². The molecule has 1 saturated carbocycles. The Morgan fingerprint density at radius 2 is 2.06 bits per heavy atom. The molecule has 6 nitrogen and oxygen atoms in total. The van der Waals surface area contributed by atoms with E-state index in [1.165, 1.54) is 12.1 Å². The minimum Gasteiger partial charge on any atom is -0.381 e. The number of hydrogen-bond acceptors (Lipinski definition) is 7. The lowest BCUT2D eigenvalue weighted by molar-refractivity contribution is -0.137. The maximum absolute atomic E-state index is 12.8. The van der Waals surface area contributed by atoms with E-state index in [9.17, 15) is 13.2 Å². The molecule has 11 heteroatoms. The van der Waals surface area contributed by atoms with Crippen LogP contribution in [0.4, 0.5) is 13.2 Å². The Labute approximate surface area is 203 Å². The first-order valence-corrected chi connectivity index (χ1v) is 12.6. The highest BCUT2D eigenvalue weighted by Gasteiger charge is 2.72. The van der Waals surface area contributed by atoms with Crippen molar-refractivity contribution in [2.45, 2.75) is 36.4 Å². The van der Waals surface area contributed by atoms with Crippen LogP contribution in [0.2, 0.25) is 0 Å². The topological polar surface area (TPSA) is 85.4 Å². The maximum atomic E-state index is 12.8. The molecule has 0 radical (unpaired) electrons. The molecule has 0 bridgehead atoms. The molecule has 3 heterocycles. The van der Waals surface area contributed by atoms with Gasteiger partial charge in [-0.15, -0.1) is 11.3 Å². The number of pyridine rings is 1. The average molecular weight is 508 g/mol. The second-order valence-corrected chi connectivity index (χ2v) is 10.7. The molecule has 3 aromatic rings. The second kappa shape index (κ2) is 9.10. The Hall–Kier alpha value is -2.21. The lowest BCUT2D eigenvalue weighted by Crippen LogP contribution is -2.29. The van der Waals surface area contributed by atoms with Crippen LogP contribution in [0, 0.1) is 5.92 Å². The van der Waals surface area contributed by atoms with Crippen LogP contribution in [0.15, 0.2) is 47.7 Å². The smallest absolute Gasteiger partial charge is 0.381 e. The summed E-state index contributed by atoms with van der Waals surface area (Å²) in [5.41, 5.74) is 7.28. The molecule has 1 aliphatic heterocycles. The quantitative estimate of drug-likeness (QED) is 0.475. The van der Waals surface area contributed by atoms with Crippen LogP contribution in [0.25, 0.3) is 10.2 Å². The summed E-state index contributed by atoms with van der Waals surface area (Å²) in [7, 11) is 0. The predicted octanol–water partition coefficient (Wildman–Crippen LogP) is 4.20. The molecule has 2 aliphatic rings. The fourth-order valence-corrected chi connectivity index (χ4v) is 7.11. The lowest BCUT2D eigenvalue weighted by atomic mass is 10.0. The number of aliphatic imine (C=N–C) groups is 1. The molecule has 5 rings (SSSR count). The number of fused-ring (bicyclic) bond motifs is 2. The second-order valence-electron chi connectivity index (χ2n) is 8.45. The Bertz CT molecular complexity index is 1170. The molecule has 180 valence electrons. The van der Waals surface area contributed by atoms with Gasteiger partial charge in [0, 0.05) is 31.0 Å². The van der Waals surface area contributed by atoms with E-state index in [-0.39, 0.29) is 16.8 Å². The van der Waals surface area contributed by atoms with E-state index in [2.05, 4.69) is 15.3 Å². The van der Waals surface area contributed by atoms with Gasteiger partial charge in [0.2, 0.25) is 0 Å². The highest BCUT2D eigenvalue weighted by Crippen LogP contribution is 2.66. The standard InChI is InChI=1S/C23H24F3N5OS2/c1-2-32-12-16-19-22(16,20-30-17-7-8-28-11-18(17)33-20)34-21(31-19)29-10-15(27)9-13-3-5-14(6-4-13)23(24,25)26/h3-8,11,15-16,19H,2,9-10,12,27H2,1H3,(H,29,31)/t15-,16?,19?,22?/m0/s1. The fourth-order valence-electron chi connectivity index (χ4n) is 4.33. The molecule has 1 aromatic carbocycles. The van der Waals surface area contributed by atoms with Crippen molar-refractivity contribution in [3.05, 3.63) is 58.9 Å². The van der Waals surface area contributed by atoms with E-state index in [1.807, 2.05) is 19.2 Å². The lowest BCUT2D eigenvalue weighted by Gasteiger charge is -2.14. The number of thiazole rings is 1. The highest BCUT2D eigenvalue weighted by atomic mass is 32.2. The number of rotatable bonds is 8. The van der Waals surface area contributed by atoms with Crippen LogP contribution in [-0.2, 0) is 22.1 Å². The average Bonchev–Trinajstić information content (AvgIpc) is 3.12. The Morgan fingerprint density at radius 1 is 1.26 bits per heavy atom. The van der Waals surface area contributed by atoms with Crippen molar-refractivity contribution in [3.8, 4) is 0 Å². The first-order chi connectivity index (χ1) is 16.3. The van der Waals surface area contributed by atoms with Crippen molar-refractivity contribution >= 4 is 38.5 Å². The van der Waals surface area contributed by atoms with Crippen molar-refractivity contribution in [3.63, 3.8) is 0 Å². The van der Waals surface area contributed by atoms with Gasteiger partial charge in [0.05, 0.1) is 35.0 Å². The van der Waals surface area contributed by atoms with E-state index in [1.54, 1.807) is 29.3 Å². The Kier molecular flexibility index (Phi) is 6.30. The highest BCUT2D eigenvalue weighted by molar-refractivity contribution is 8.15. The van der Waals surface area contributed by atoms with Gasteiger partial charge in [0.1, 0.15) is 9.75 Å². The molecule has 1 aliphatic carbocycles. The SMILES string of the molecule is CCOCC1C2NC(=NC[C@@H](N)Cc3ccc(C(F)(F)F)cc3)SC12c1nc2ccncc2s1. The van der Waals surface area contributed by atoms with E-state index in [0.29, 0.717) is 32.1 Å². The third-order valence-corrected chi connectivity index (χ3v) is 8.94. The van der Waals surface area contributed by atoms with Crippen LogP contribution in [-0.4, -0.2) is 47.0 Å². The molecular weight excluding hydrogens is 483 g/mol. The summed E-state index contributed by atoms with van der Waals surface area (Å²) in [4.78, 5) is 13.8. The maximum Gasteiger partial charge on any atom is 0.416 e. The number of hydrogen-bond donors (Lipinski definition) is 2. The van der Waals surface area contributed by atoms with Crippen molar-refractivity contribution < 1.29 is 17.9 Å². The third kappa shape index (κ3) is 4.41. The summed E-state index contributed by atoms with van der Waals surface area (Å²) in [5.74, 6) is 0.297. The number of ether oxygens (including phenoxy) is 1. The number of amidine groups is 1. The third-order valence-electron chi connectivity index (χ3n) is 6.13. The largest absolute Gasteiger partial charge is 0.416 e. The number of alkyl halides is 3.